The van der Waals surface area contributed by atoms with Crippen molar-refractivity contribution in [2.24, 2.45) is 0 Å². The summed E-state index contributed by atoms with van der Waals surface area (Å²) in [6.45, 7) is 0.277. The Bertz CT molecular complexity index is 152. The zero-order valence-corrected chi connectivity index (χ0v) is 7.91. The summed E-state index contributed by atoms with van der Waals surface area (Å²) in [4.78, 5) is 10.1. The van der Waals surface area contributed by atoms with E-state index in [-0.39, 0.29) is 6.61 Å². The molecule has 0 aliphatic carbocycles. The molecule has 0 radical (unpaired) electrons. The molecule has 0 fully saturated rings. The van der Waals surface area contributed by atoms with Crippen LogP contribution in [-0.4, -0.2) is 22.8 Å². The molecular formula is C10H18O3. The Kier molecular flexibility index (Phi) is 8.67. The number of aliphatic hydroxyl groups is 1. The van der Waals surface area contributed by atoms with Gasteiger partial charge < -0.3 is 10.2 Å². The summed E-state index contributed by atoms with van der Waals surface area (Å²) in [5, 5.41) is 16.8. The summed E-state index contributed by atoms with van der Waals surface area (Å²) in [7, 11) is 0. The van der Waals surface area contributed by atoms with Gasteiger partial charge in [0.25, 0.3) is 0 Å². The molecule has 3 heteroatoms. The summed E-state index contributed by atoms with van der Waals surface area (Å²) < 4.78 is 0. The molecule has 0 amide bonds. The summed E-state index contributed by atoms with van der Waals surface area (Å²) in [5.74, 6) is -0.875. The average molecular weight is 186 g/mol. The van der Waals surface area contributed by atoms with Gasteiger partial charge in [-0.2, -0.15) is 0 Å². The fraction of sp³-hybridized carbons (Fsp3) is 0.700. The second-order valence-electron chi connectivity index (χ2n) is 3.02. The predicted molar refractivity (Wildman–Crippen MR) is 51.6 cm³/mol. The Morgan fingerprint density at radius 2 is 1.69 bits per heavy atom. The maximum Gasteiger partial charge on any atom is 0.327 e. The number of allylic oxidation sites excluding steroid dienone is 1. The number of carboxylic acids is 1. The van der Waals surface area contributed by atoms with Crippen molar-refractivity contribution in [3.63, 3.8) is 0 Å². The van der Waals surface area contributed by atoms with Crippen LogP contribution in [0.4, 0.5) is 0 Å². The second kappa shape index (κ2) is 9.26. The molecular weight excluding hydrogens is 168 g/mol. The topological polar surface area (TPSA) is 57.5 Å². The highest BCUT2D eigenvalue weighted by molar-refractivity contribution is 5.79. The molecule has 0 saturated carbocycles. The molecule has 76 valence electrons. The first-order valence-corrected chi connectivity index (χ1v) is 4.77. The zero-order chi connectivity index (χ0) is 9.94. The Morgan fingerprint density at radius 1 is 1.08 bits per heavy atom. The van der Waals surface area contributed by atoms with Gasteiger partial charge in [0.15, 0.2) is 0 Å². The van der Waals surface area contributed by atoms with E-state index in [2.05, 4.69) is 0 Å². The molecule has 0 spiro atoms. The number of aliphatic hydroxyl groups excluding tert-OH is 1. The predicted octanol–water partition coefficient (Wildman–Crippen LogP) is 1.96. The van der Waals surface area contributed by atoms with E-state index in [1.165, 1.54) is 6.08 Å². The van der Waals surface area contributed by atoms with Crippen LogP contribution in [0.15, 0.2) is 12.2 Å². The standard InChI is InChI=1S/C10H18O3/c11-9-7-5-3-1-2-4-6-8-10(12)13/h6,8,11H,1-5,7,9H2,(H,12,13)/b8-6+. The fourth-order valence-corrected chi connectivity index (χ4v) is 1.09. The third-order valence-corrected chi connectivity index (χ3v) is 1.79. The molecule has 0 aromatic rings. The van der Waals surface area contributed by atoms with Gasteiger partial charge in [-0.3, -0.25) is 0 Å². The molecule has 0 aromatic carbocycles. The van der Waals surface area contributed by atoms with Gasteiger partial charge >= 0.3 is 5.97 Å². The molecule has 0 saturated heterocycles. The first kappa shape index (κ1) is 12.2. The van der Waals surface area contributed by atoms with Crippen molar-refractivity contribution < 1.29 is 15.0 Å². The molecule has 0 unspecified atom stereocenters. The molecule has 0 aliphatic heterocycles. The minimum Gasteiger partial charge on any atom is -0.478 e. The minimum absolute atomic E-state index is 0.277. The highest BCUT2D eigenvalue weighted by Crippen LogP contribution is 2.05. The molecule has 2 N–H and O–H groups in total. The Morgan fingerprint density at radius 3 is 2.31 bits per heavy atom. The third-order valence-electron chi connectivity index (χ3n) is 1.79. The quantitative estimate of drug-likeness (QED) is 0.450. The average Bonchev–Trinajstić information content (AvgIpc) is 2.09. The zero-order valence-electron chi connectivity index (χ0n) is 7.91. The summed E-state index contributed by atoms with van der Waals surface area (Å²) in [6, 6.07) is 0. The van der Waals surface area contributed by atoms with Crippen LogP contribution in [-0.2, 0) is 4.79 Å². The van der Waals surface area contributed by atoms with E-state index in [9.17, 15) is 4.79 Å². The van der Waals surface area contributed by atoms with Gasteiger partial charge in [-0.05, 0) is 19.3 Å². The van der Waals surface area contributed by atoms with Gasteiger partial charge in [-0.1, -0.05) is 25.3 Å². The number of carbonyl (C=O) groups is 1. The SMILES string of the molecule is O=C(O)/C=C/CCCCCCCO. The van der Waals surface area contributed by atoms with Crippen LogP contribution in [0.5, 0.6) is 0 Å². The van der Waals surface area contributed by atoms with E-state index < -0.39 is 5.97 Å². The number of unbranched alkanes of at least 4 members (excludes halogenated alkanes) is 5. The summed E-state index contributed by atoms with van der Waals surface area (Å²) >= 11 is 0. The van der Waals surface area contributed by atoms with E-state index in [0.29, 0.717) is 0 Å². The number of aliphatic carboxylic acids is 1. The van der Waals surface area contributed by atoms with Gasteiger partial charge in [0.05, 0.1) is 0 Å². The van der Waals surface area contributed by atoms with E-state index in [0.717, 1.165) is 38.5 Å². The highest BCUT2D eigenvalue weighted by Gasteiger charge is 1.89. The summed E-state index contributed by atoms with van der Waals surface area (Å²) in [5.41, 5.74) is 0. The van der Waals surface area contributed by atoms with Crippen molar-refractivity contribution in [3.05, 3.63) is 12.2 Å². The molecule has 3 nitrogen and oxygen atoms in total. The van der Waals surface area contributed by atoms with Crippen molar-refractivity contribution in [3.8, 4) is 0 Å². The van der Waals surface area contributed by atoms with Gasteiger partial charge in [-0.25, -0.2) is 4.79 Å². The molecule has 0 bridgehead atoms. The van der Waals surface area contributed by atoms with Crippen LogP contribution in [0.25, 0.3) is 0 Å². The van der Waals surface area contributed by atoms with Crippen molar-refractivity contribution >= 4 is 5.97 Å². The number of rotatable bonds is 8. The van der Waals surface area contributed by atoms with E-state index in [1.54, 1.807) is 6.08 Å². The number of hydrogen-bond acceptors (Lipinski definition) is 2. The van der Waals surface area contributed by atoms with Crippen molar-refractivity contribution in [2.45, 2.75) is 38.5 Å². The summed E-state index contributed by atoms with van der Waals surface area (Å²) in [6.07, 6.45) is 8.94. The maximum atomic E-state index is 10.1. The Hall–Kier alpha value is -0.830. The Balaban J connectivity index is 3.03. The molecule has 0 aromatic heterocycles. The number of carboxylic acid groups (broad SMARTS) is 1. The molecule has 0 aliphatic rings. The van der Waals surface area contributed by atoms with Crippen LogP contribution in [0, 0.1) is 0 Å². The Labute approximate surface area is 79.1 Å². The van der Waals surface area contributed by atoms with E-state index >= 15 is 0 Å². The van der Waals surface area contributed by atoms with Crippen molar-refractivity contribution in [1.82, 2.24) is 0 Å². The van der Waals surface area contributed by atoms with Crippen LogP contribution in [0.3, 0.4) is 0 Å². The van der Waals surface area contributed by atoms with Gasteiger partial charge in [-0.15, -0.1) is 0 Å². The number of hydrogen-bond donors (Lipinski definition) is 2. The monoisotopic (exact) mass is 186 g/mol. The maximum absolute atomic E-state index is 10.1. The molecule has 13 heavy (non-hydrogen) atoms. The van der Waals surface area contributed by atoms with Gasteiger partial charge in [0.1, 0.15) is 0 Å². The lowest BCUT2D eigenvalue weighted by Gasteiger charge is -1.96. The lowest BCUT2D eigenvalue weighted by Crippen LogP contribution is -1.86. The van der Waals surface area contributed by atoms with Crippen LogP contribution >= 0.6 is 0 Å². The van der Waals surface area contributed by atoms with E-state index in [4.69, 9.17) is 10.2 Å². The van der Waals surface area contributed by atoms with Crippen molar-refractivity contribution in [2.75, 3.05) is 6.61 Å². The lowest BCUT2D eigenvalue weighted by atomic mass is 10.1. The van der Waals surface area contributed by atoms with Crippen LogP contribution < -0.4 is 0 Å². The first-order valence-electron chi connectivity index (χ1n) is 4.77. The van der Waals surface area contributed by atoms with Crippen LogP contribution in [0.1, 0.15) is 38.5 Å². The molecule has 0 rings (SSSR count). The van der Waals surface area contributed by atoms with Crippen molar-refractivity contribution in [1.29, 1.82) is 0 Å². The van der Waals surface area contributed by atoms with Gasteiger partial charge in [0, 0.05) is 12.7 Å². The van der Waals surface area contributed by atoms with Crippen LogP contribution in [0.2, 0.25) is 0 Å². The fourth-order valence-electron chi connectivity index (χ4n) is 1.09. The largest absolute Gasteiger partial charge is 0.478 e. The van der Waals surface area contributed by atoms with E-state index in [1.807, 2.05) is 0 Å². The van der Waals surface area contributed by atoms with Gasteiger partial charge in [0.2, 0.25) is 0 Å². The second-order valence-corrected chi connectivity index (χ2v) is 3.02. The first-order chi connectivity index (χ1) is 6.27. The highest BCUT2D eigenvalue weighted by atomic mass is 16.4. The smallest absolute Gasteiger partial charge is 0.327 e. The third kappa shape index (κ3) is 11.2. The lowest BCUT2D eigenvalue weighted by molar-refractivity contribution is -0.131. The normalized spacial score (nSPS) is 10.8. The molecule has 0 heterocycles. The minimum atomic E-state index is -0.875. The molecule has 0 atom stereocenters.